The predicted molar refractivity (Wildman–Crippen MR) is 93.7 cm³/mol. The second-order valence-corrected chi connectivity index (χ2v) is 7.60. The molecule has 3 heterocycles. The van der Waals surface area contributed by atoms with E-state index in [1.165, 1.54) is 4.88 Å². The summed E-state index contributed by atoms with van der Waals surface area (Å²) in [5.41, 5.74) is 1.18. The van der Waals surface area contributed by atoms with Crippen LogP contribution in [0.5, 0.6) is 0 Å². The molecule has 2 fully saturated rings. The summed E-state index contributed by atoms with van der Waals surface area (Å²) in [6.45, 7) is 2.87. The van der Waals surface area contributed by atoms with Gasteiger partial charge >= 0.3 is 0 Å². The molecule has 1 aromatic heterocycles. The Morgan fingerprint density at radius 1 is 1.21 bits per heavy atom. The van der Waals surface area contributed by atoms with Crippen molar-refractivity contribution in [3.8, 4) is 6.07 Å². The van der Waals surface area contributed by atoms with E-state index < -0.39 is 0 Å². The summed E-state index contributed by atoms with van der Waals surface area (Å²) in [4.78, 5) is 18.9. The zero-order valence-electron chi connectivity index (χ0n) is 13.4. The first kappa shape index (κ1) is 15.4. The van der Waals surface area contributed by atoms with Gasteiger partial charge in [-0.2, -0.15) is 5.26 Å². The van der Waals surface area contributed by atoms with Crippen LogP contribution in [0.25, 0.3) is 0 Å². The predicted octanol–water partition coefficient (Wildman–Crippen LogP) is 3.11. The number of nitriles is 1. The molecule has 2 saturated heterocycles. The zero-order valence-corrected chi connectivity index (χ0v) is 14.2. The van der Waals surface area contributed by atoms with Crippen molar-refractivity contribution >= 4 is 17.2 Å². The molecule has 0 spiro atoms. The van der Waals surface area contributed by atoms with Crippen LogP contribution in [0.3, 0.4) is 0 Å². The largest absolute Gasteiger partial charge is 0.330 e. The maximum absolute atomic E-state index is 13.0. The number of carbonyl (C=O) groups is 1. The Bertz CT molecular complexity index is 766. The number of likely N-dealkylation sites (tertiary alicyclic amines) is 1. The highest BCUT2D eigenvalue weighted by Crippen LogP contribution is 2.32. The summed E-state index contributed by atoms with van der Waals surface area (Å²) in [7, 11) is 0. The lowest BCUT2D eigenvalue weighted by Gasteiger charge is -2.41. The van der Waals surface area contributed by atoms with Crippen LogP contribution >= 0.6 is 11.3 Å². The first-order valence-corrected chi connectivity index (χ1v) is 9.20. The van der Waals surface area contributed by atoms with Crippen LogP contribution in [0.15, 0.2) is 41.8 Å². The van der Waals surface area contributed by atoms with Gasteiger partial charge in [0, 0.05) is 42.2 Å². The van der Waals surface area contributed by atoms with E-state index in [2.05, 4.69) is 33.4 Å². The molecule has 5 heteroatoms. The average Bonchev–Trinajstić information content (AvgIpc) is 3.20. The normalized spacial score (nSPS) is 23.2. The lowest BCUT2D eigenvalue weighted by atomic mass is 10.1. The minimum atomic E-state index is 0.0790. The summed E-state index contributed by atoms with van der Waals surface area (Å²) in [6, 6.07) is 14.0. The number of piperazine rings is 1. The first-order chi connectivity index (χ1) is 11.7. The molecular weight excluding hydrogens is 318 g/mol. The Hall–Kier alpha value is -2.16. The van der Waals surface area contributed by atoms with Gasteiger partial charge in [-0.25, -0.2) is 0 Å². The van der Waals surface area contributed by atoms with Gasteiger partial charge in [0.1, 0.15) is 0 Å². The third-order valence-electron chi connectivity index (χ3n) is 4.99. The van der Waals surface area contributed by atoms with Crippen molar-refractivity contribution in [2.45, 2.75) is 31.5 Å². The number of carbonyl (C=O) groups excluding carboxylic acids is 1. The number of nitrogens with zero attached hydrogens (tertiary/aromatic N) is 3. The van der Waals surface area contributed by atoms with Crippen LogP contribution in [-0.4, -0.2) is 40.9 Å². The summed E-state index contributed by atoms with van der Waals surface area (Å²) in [5, 5.41) is 11.2. The number of amides is 1. The van der Waals surface area contributed by atoms with Crippen LogP contribution in [-0.2, 0) is 6.54 Å². The quantitative estimate of drug-likeness (QED) is 0.864. The highest BCUT2D eigenvalue weighted by molar-refractivity contribution is 7.09. The van der Waals surface area contributed by atoms with Crippen LogP contribution in [0.1, 0.15) is 33.6 Å². The number of rotatable bonds is 3. The molecule has 2 aliphatic heterocycles. The molecule has 2 atom stereocenters. The number of thiophene rings is 1. The number of fused-ring (bicyclic) bond motifs is 2. The molecule has 0 aliphatic carbocycles. The smallest absolute Gasteiger partial charge is 0.254 e. The van der Waals surface area contributed by atoms with Crippen molar-refractivity contribution in [1.29, 1.82) is 5.26 Å². The number of hydrogen-bond donors (Lipinski definition) is 0. The Balaban J connectivity index is 1.50. The summed E-state index contributed by atoms with van der Waals surface area (Å²) in [6.07, 6.45) is 2.16. The van der Waals surface area contributed by atoms with Crippen molar-refractivity contribution in [2.75, 3.05) is 13.1 Å². The highest BCUT2D eigenvalue weighted by atomic mass is 32.1. The topological polar surface area (TPSA) is 47.3 Å². The van der Waals surface area contributed by atoms with Crippen LogP contribution < -0.4 is 0 Å². The molecule has 0 radical (unpaired) electrons. The molecule has 4 nitrogen and oxygen atoms in total. The fraction of sp³-hybridized carbons (Fsp3) is 0.368. The molecule has 2 aromatic rings. The maximum Gasteiger partial charge on any atom is 0.254 e. The molecule has 0 N–H and O–H groups in total. The van der Waals surface area contributed by atoms with Gasteiger partial charge in [-0.05, 0) is 42.5 Å². The Morgan fingerprint density at radius 2 is 2.00 bits per heavy atom. The summed E-state index contributed by atoms with van der Waals surface area (Å²) in [5.74, 6) is 0.0790. The van der Waals surface area contributed by atoms with Crippen molar-refractivity contribution in [1.82, 2.24) is 9.80 Å². The van der Waals surface area contributed by atoms with Crippen LogP contribution in [0.4, 0.5) is 0 Å². The van der Waals surface area contributed by atoms with Crippen LogP contribution in [0, 0.1) is 11.3 Å². The molecule has 2 aliphatic rings. The van der Waals surface area contributed by atoms with Crippen molar-refractivity contribution in [3.63, 3.8) is 0 Å². The molecule has 4 rings (SSSR count). The van der Waals surface area contributed by atoms with E-state index in [0.717, 1.165) is 32.5 Å². The third kappa shape index (κ3) is 2.83. The lowest BCUT2D eigenvalue weighted by molar-refractivity contribution is 0.0407. The van der Waals surface area contributed by atoms with E-state index in [1.54, 1.807) is 29.5 Å². The monoisotopic (exact) mass is 337 g/mol. The van der Waals surface area contributed by atoms with E-state index >= 15 is 0 Å². The number of hydrogen-bond acceptors (Lipinski definition) is 4. The summed E-state index contributed by atoms with van der Waals surface area (Å²) < 4.78 is 0. The van der Waals surface area contributed by atoms with Gasteiger partial charge in [0.15, 0.2) is 0 Å². The van der Waals surface area contributed by atoms with Crippen molar-refractivity contribution in [3.05, 3.63) is 57.8 Å². The second-order valence-electron chi connectivity index (χ2n) is 6.56. The second kappa shape index (κ2) is 6.39. The fourth-order valence-electron chi connectivity index (χ4n) is 3.94. The molecule has 0 unspecified atom stereocenters. The first-order valence-electron chi connectivity index (χ1n) is 8.32. The Morgan fingerprint density at radius 3 is 2.67 bits per heavy atom. The van der Waals surface area contributed by atoms with E-state index in [0.29, 0.717) is 23.2 Å². The van der Waals surface area contributed by atoms with Gasteiger partial charge in [-0.3, -0.25) is 9.69 Å². The van der Waals surface area contributed by atoms with Gasteiger partial charge in [0.05, 0.1) is 11.6 Å². The van der Waals surface area contributed by atoms with Crippen molar-refractivity contribution < 1.29 is 4.79 Å². The van der Waals surface area contributed by atoms with Gasteiger partial charge < -0.3 is 4.90 Å². The number of benzene rings is 1. The molecule has 2 bridgehead atoms. The molecule has 24 heavy (non-hydrogen) atoms. The minimum absolute atomic E-state index is 0.0790. The molecule has 0 saturated carbocycles. The average molecular weight is 337 g/mol. The zero-order chi connectivity index (χ0) is 16.5. The summed E-state index contributed by atoms with van der Waals surface area (Å²) >= 11 is 1.79. The van der Waals surface area contributed by atoms with Crippen LogP contribution in [0.2, 0.25) is 0 Å². The van der Waals surface area contributed by atoms with Gasteiger partial charge in [-0.1, -0.05) is 12.1 Å². The lowest BCUT2D eigenvalue weighted by Crippen LogP contribution is -2.55. The van der Waals surface area contributed by atoms with Gasteiger partial charge in [0.2, 0.25) is 0 Å². The van der Waals surface area contributed by atoms with Gasteiger partial charge in [-0.15, -0.1) is 11.3 Å². The molecule has 1 amide bonds. The van der Waals surface area contributed by atoms with Crippen molar-refractivity contribution in [2.24, 2.45) is 0 Å². The maximum atomic E-state index is 13.0. The van der Waals surface area contributed by atoms with E-state index in [4.69, 9.17) is 5.26 Å². The fourth-order valence-corrected chi connectivity index (χ4v) is 4.69. The Kier molecular flexibility index (Phi) is 4.09. The molecule has 1 aromatic carbocycles. The Labute approximate surface area is 145 Å². The SMILES string of the molecule is N#Cc1cccc(C(=O)N2[C@H]3CC[C@H]2CN(Cc2cccs2)C3)c1. The molecule has 122 valence electrons. The highest BCUT2D eigenvalue weighted by Gasteiger charge is 2.42. The van der Waals surface area contributed by atoms with E-state index in [-0.39, 0.29) is 5.91 Å². The third-order valence-corrected chi connectivity index (χ3v) is 5.85. The van der Waals surface area contributed by atoms with Gasteiger partial charge in [0.25, 0.3) is 5.91 Å². The molecular formula is C19H19N3OS. The minimum Gasteiger partial charge on any atom is -0.330 e. The van der Waals surface area contributed by atoms with E-state index in [1.807, 2.05) is 6.07 Å². The standard InChI is InChI=1S/C19H19N3OS/c20-10-14-3-1-4-15(9-14)19(23)22-16-6-7-17(22)12-21(11-16)13-18-5-2-8-24-18/h1-5,8-9,16-17H,6-7,11-13H2/t16-,17-/m0/s1. The van der Waals surface area contributed by atoms with E-state index in [9.17, 15) is 4.79 Å².